The number of hydrogen-bond donors (Lipinski definition) is 2. The zero-order chi connectivity index (χ0) is 11.5. The summed E-state index contributed by atoms with van der Waals surface area (Å²) in [5.74, 6) is -0.455. The number of carboxylic acids is 1. The van der Waals surface area contributed by atoms with Crippen LogP contribution in [-0.4, -0.2) is 22.0 Å². The van der Waals surface area contributed by atoms with E-state index in [0.29, 0.717) is 18.7 Å². The molecule has 6 heteroatoms. The Morgan fingerprint density at radius 3 is 2.94 bits per heavy atom. The van der Waals surface area contributed by atoms with Gasteiger partial charge in [-0.3, -0.25) is 4.79 Å². The summed E-state index contributed by atoms with van der Waals surface area (Å²) < 4.78 is 0. The van der Waals surface area contributed by atoms with E-state index >= 15 is 0 Å². The smallest absolute Gasteiger partial charge is 0.328 e. The third kappa shape index (κ3) is 3.29. The number of aromatic nitrogens is 1. The Morgan fingerprint density at radius 1 is 1.47 bits per heavy atom. The number of carboxylic acid groups (broad SMARTS) is 1. The van der Waals surface area contributed by atoms with Crippen LogP contribution in [0.2, 0.25) is 0 Å². The molecule has 1 aromatic rings. The Hall–Kier alpha value is -1.88. The zero-order valence-electron chi connectivity index (χ0n) is 8.84. The molecule has 0 aliphatic carbocycles. The van der Waals surface area contributed by atoms with E-state index in [2.05, 4.69) is 10.3 Å². The number of pyridine rings is 1. The number of nitrogens with one attached hydrogen (secondary N) is 1. The Kier molecular flexibility index (Phi) is 4.23. The standard InChI is InChI=1S/C11H10N2O3.ClH/c14-9-3-2-8-5-7(1-4-10(15)16)6-12-11(8)13-9;/h1,4-6H,2-3H2,(H,15,16)(H,12,13,14);1H/b4-1+;. The molecule has 2 heterocycles. The molecule has 1 aliphatic heterocycles. The summed E-state index contributed by atoms with van der Waals surface area (Å²) in [5, 5.41) is 11.1. The summed E-state index contributed by atoms with van der Waals surface area (Å²) >= 11 is 0. The van der Waals surface area contributed by atoms with E-state index in [9.17, 15) is 9.59 Å². The number of rotatable bonds is 2. The second kappa shape index (κ2) is 5.45. The Morgan fingerprint density at radius 2 is 2.24 bits per heavy atom. The van der Waals surface area contributed by atoms with Crippen LogP contribution in [0.3, 0.4) is 0 Å². The van der Waals surface area contributed by atoms with Gasteiger partial charge in [-0.05, 0) is 29.7 Å². The summed E-state index contributed by atoms with van der Waals surface area (Å²) in [4.78, 5) is 25.5. The summed E-state index contributed by atoms with van der Waals surface area (Å²) in [6, 6.07) is 1.83. The minimum absolute atomic E-state index is 0. The number of halogens is 1. The minimum Gasteiger partial charge on any atom is -0.478 e. The molecule has 1 amide bonds. The number of amides is 1. The lowest BCUT2D eigenvalue weighted by Crippen LogP contribution is -2.20. The van der Waals surface area contributed by atoms with Gasteiger partial charge in [0.1, 0.15) is 5.82 Å². The van der Waals surface area contributed by atoms with Crippen molar-refractivity contribution in [1.29, 1.82) is 0 Å². The van der Waals surface area contributed by atoms with Crippen LogP contribution in [-0.2, 0) is 16.0 Å². The first kappa shape index (κ1) is 13.2. The molecule has 0 unspecified atom stereocenters. The van der Waals surface area contributed by atoms with Crippen LogP contribution >= 0.6 is 12.4 Å². The van der Waals surface area contributed by atoms with Gasteiger partial charge in [0, 0.05) is 18.7 Å². The number of aryl methyl sites for hydroxylation is 1. The monoisotopic (exact) mass is 254 g/mol. The third-order valence-electron chi connectivity index (χ3n) is 2.29. The highest BCUT2D eigenvalue weighted by Crippen LogP contribution is 2.21. The van der Waals surface area contributed by atoms with E-state index in [1.54, 1.807) is 0 Å². The number of hydrogen-bond acceptors (Lipinski definition) is 3. The van der Waals surface area contributed by atoms with Crippen LogP contribution in [0.25, 0.3) is 6.08 Å². The van der Waals surface area contributed by atoms with Crippen molar-refractivity contribution in [3.05, 3.63) is 29.5 Å². The van der Waals surface area contributed by atoms with Crippen LogP contribution in [0.1, 0.15) is 17.5 Å². The zero-order valence-corrected chi connectivity index (χ0v) is 9.66. The lowest BCUT2D eigenvalue weighted by molar-refractivity contribution is -0.131. The van der Waals surface area contributed by atoms with Gasteiger partial charge in [0.25, 0.3) is 0 Å². The lowest BCUT2D eigenvalue weighted by Gasteiger charge is -2.15. The van der Waals surface area contributed by atoms with Gasteiger partial charge >= 0.3 is 5.97 Å². The molecule has 0 atom stereocenters. The lowest BCUT2D eigenvalue weighted by atomic mass is 10.0. The summed E-state index contributed by atoms with van der Waals surface area (Å²) in [7, 11) is 0. The predicted octanol–water partition coefficient (Wildman–Crippen LogP) is 1.49. The topological polar surface area (TPSA) is 79.3 Å². The highest BCUT2D eigenvalue weighted by atomic mass is 35.5. The van der Waals surface area contributed by atoms with Gasteiger partial charge in [-0.2, -0.15) is 0 Å². The number of nitrogens with zero attached hydrogens (tertiary/aromatic N) is 1. The Balaban J connectivity index is 0.00000144. The fourth-order valence-electron chi connectivity index (χ4n) is 1.53. The maximum absolute atomic E-state index is 11.1. The Labute approximate surface area is 104 Å². The van der Waals surface area contributed by atoms with Crippen molar-refractivity contribution in [3.63, 3.8) is 0 Å². The molecule has 0 bridgehead atoms. The molecule has 5 nitrogen and oxygen atoms in total. The van der Waals surface area contributed by atoms with Gasteiger partial charge in [0.15, 0.2) is 0 Å². The van der Waals surface area contributed by atoms with Crippen molar-refractivity contribution < 1.29 is 14.7 Å². The highest BCUT2D eigenvalue weighted by molar-refractivity contribution is 5.93. The largest absolute Gasteiger partial charge is 0.478 e. The summed E-state index contributed by atoms with van der Waals surface area (Å²) in [5.41, 5.74) is 1.66. The molecule has 0 aromatic carbocycles. The SMILES string of the molecule is Cl.O=C(O)/C=C/c1cnc2c(c1)CCC(=O)N2. The van der Waals surface area contributed by atoms with Crippen molar-refractivity contribution in [3.8, 4) is 0 Å². The molecule has 1 aromatic heterocycles. The first-order chi connectivity index (χ1) is 7.65. The van der Waals surface area contributed by atoms with Gasteiger partial charge < -0.3 is 10.4 Å². The average Bonchev–Trinajstić information content (AvgIpc) is 2.26. The van der Waals surface area contributed by atoms with Gasteiger partial charge in [-0.15, -0.1) is 12.4 Å². The van der Waals surface area contributed by atoms with Crippen LogP contribution in [0, 0.1) is 0 Å². The molecular weight excluding hydrogens is 244 g/mol. The molecule has 0 fully saturated rings. The number of carbonyl (C=O) groups is 2. The quantitative estimate of drug-likeness (QED) is 0.784. The first-order valence-electron chi connectivity index (χ1n) is 4.85. The van der Waals surface area contributed by atoms with E-state index in [-0.39, 0.29) is 18.3 Å². The van der Waals surface area contributed by atoms with Gasteiger partial charge in [-0.25, -0.2) is 9.78 Å². The average molecular weight is 255 g/mol. The molecule has 2 N–H and O–H groups in total. The van der Waals surface area contributed by atoms with Gasteiger partial charge in [0.05, 0.1) is 0 Å². The summed E-state index contributed by atoms with van der Waals surface area (Å²) in [6.07, 6.45) is 5.16. The second-order valence-electron chi connectivity index (χ2n) is 3.50. The van der Waals surface area contributed by atoms with Gasteiger partial charge in [0.2, 0.25) is 5.91 Å². The third-order valence-corrected chi connectivity index (χ3v) is 2.29. The second-order valence-corrected chi connectivity index (χ2v) is 3.50. The molecule has 0 saturated carbocycles. The summed E-state index contributed by atoms with van der Waals surface area (Å²) in [6.45, 7) is 0. The maximum Gasteiger partial charge on any atom is 0.328 e. The normalized spacial score (nSPS) is 13.8. The van der Waals surface area contributed by atoms with Crippen molar-refractivity contribution in [2.24, 2.45) is 0 Å². The predicted molar refractivity (Wildman–Crippen MR) is 65.1 cm³/mol. The van der Waals surface area contributed by atoms with E-state index < -0.39 is 5.97 Å². The van der Waals surface area contributed by atoms with Crippen molar-refractivity contribution in [1.82, 2.24) is 4.98 Å². The van der Waals surface area contributed by atoms with Crippen LogP contribution < -0.4 is 5.32 Å². The van der Waals surface area contributed by atoms with Crippen molar-refractivity contribution >= 4 is 36.2 Å². The van der Waals surface area contributed by atoms with Crippen LogP contribution in [0.15, 0.2) is 18.3 Å². The fourth-order valence-corrected chi connectivity index (χ4v) is 1.53. The highest BCUT2D eigenvalue weighted by Gasteiger charge is 2.15. The van der Waals surface area contributed by atoms with Crippen molar-refractivity contribution in [2.45, 2.75) is 12.8 Å². The number of anilines is 1. The first-order valence-corrected chi connectivity index (χ1v) is 4.85. The molecular formula is C11H11ClN2O3. The molecule has 17 heavy (non-hydrogen) atoms. The van der Waals surface area contributed by atoms with E-state index in [4.69, 9.17) is 5.11 Å². The minimum atomic E-state index is -0.994. The maximum atomic E-state index is 11.1. The number of carbonyl (C=O) groups excluding carboxylic acids is 1. The number of aliphatic carboxylic acids is 1. The Bertz CT molecular complexity index is 486. The van der Waals surface area contributed by atoms with Crippen LogP contribution in [0.4, 0.5) is 5.82 Å². The number of fused-ring (bicyclic) bond motifs is 1. The fraction of sp³-hybridized carbons (Fsp3) is 0.182. The molecule has 0 spiro atoms. The molecule has 1 aliphatic rings. The van der Waals surface area contributed by atoms with Gasteiger partial charge in [-0.1, -0.05) is 0 Å². The van der Waals surface area contributed by atoms with Crippen molar-refractivity contribution in [2.75, 3.05) is 5.32 Å². The molecule has 2 rings (SSSR count). The molecule has 0 radical (unpaired) electrons. The molecule has 0 saturated heterocycles. The van der Waals surface area contributed by atoms with E-state index in [1.165, 1.54) is 12.3 Å². The van der Waals surface area contributed by atoms with E-state index in [0.717, 1.165) is 17.2 Å². The van der Waals surface area contributed by atoms with Crippen LogP contribution in [0.5, 0.6) is 0 Å². The van der Waals surface area contributed by atoms with E-state index in [1.807, 2.05) is 6.07 Å². The molecule has 90 valence electrons.